The number of aliphatic hydroxyl groups is 2. The standard InChI is InChI=1S/C23H24F3N3O3/c24-23(25,26)21(19(12-27)22(32)28-13-17(31)14-30)16-8-7-15-5-4-6-20(18(15)11-16)29-9-2-1-3-10-29/h4-8,11,17,30-31H,1-3,9-10,13-14H2,(H,28,32)/b21-19-. The van der Waals surface area contributed by atoms with Gasteiger partial charge in [0.15, 0.2) is 0 Å². The van der Waals surface area contributed by atoms with Gasteiger partial charge in [-0.3, -0.25) is 4.79 Å². The Kier molecular flexibility index (Phi) is 7.38. The van der Waals surface area contributed by atoms with Crippen LogP contribution in [0.2, 0.25) is 0 Å². The highest BCUT2D eigenvalue weighted by atomic mass is 19.4. The van der Waals surface area contributed by atoms with E-state index in [0.29, 0.717) is 5.39 Å². The van der Waals surface area contributed by atoms with Crippen molar-refractivity contribution in [1.29, 1.82) is 5.26 Å². The first kappa shape index (κ1) is 23.6. The number of amides is 1. The fourth-order valence-electron chi connectivity index (χ4n) is 3.86. The molecule has 1 amide bonds. The highest BCUT2D eigenvalue weighted by Gasteiger charge is 2.39. The molecule has 32 heavy (non-hydrogen) atoms. The van der Waals surface area contributed by atoms with E-state index < -0.39 is 42.5 Å². The van der Waals surface area contributed by atoms with Gasteiger partial charge in [0.05, 0.1) is 18.3 Å². The number of benzene rings is 2. The van der Waals surface area contributed by atoms with Gasteiger partial charge in [-0.15, -0.1) is 0 Å². The van der Waals surface area contributed by atoms with E-state index in [1.165, 1.54) is 18.2 Å². The molecule has 0 aromatic heterocycles. The van der Waals surface area contributed by atoms with Gasteiger partial charge in [0.1, 0.15) is 11.6 Å². The number of nitrogens with zero attached hydrogens (tertiary/aromatic N) is 2. The van der Waals surface area contributed by atoms with Gasteiger partial charge in [-0.2, -0.15) is 18.4 Å². The number of nitriles is 1. The van der Waals surface area contributed by atoms with E-state index in [0.717, 1.165) is 43.4 Å². The average molecular weight is 447 g/mol. The molecule has 0 saturated carbocycles. The van der Waals surface area contributed by atoms with Gasteiger partial charge in [-0.25, -0.2) is 0 Å². The van der Waals surface area contributed by atoms with Gasteiger partial charge in [-0.1, -0.05) is 24.3 Å². The van der Waals surface area contributed by atoms with E-state index in [4.69, 9.17) is 5.11 Å². The summed E-state index contributed by atoms with van der Waals surface area (Å²) in [4.78, 5) is 14.5. The Morgan fingerprint density at radius 2 is 1.91 bits per heavy atom. The van der Waals surface area contributed by atoms with Crippen molar-refractivity contribution in [3.8, 4) is 6.07 Å². The van der Waals surface area contributed by atoms with Crippen LogP contribution in [0.4, 0.5) is 18.9 Å². The molecule has 170 valence electrons. The fourth-order valence-corrected chi connectivity index (χ4v) is 3.86. The van der Waals surface area contributed by atoms with Crippen LogP contribution in [0.15, 0.2) is 42.0 Å². The zero-order valence-electron chi connectivity index (χ0n) is 17.3. The number of fused-ring (bicyclic) bond motifs is 1. The first-order chi connectivity index (χ1) is 15.3. The van der Waals surface area contributed by atoms with Gasteiger partial charge < -0.3 is 20.4 Å². The van der Waals surface area contributed by atoms with Crippen LogP contribution in [0.3, 0.4) is 0 Å². The quantitative estimate of drug-likeness (QED) is 0.467. The van der Waals surface area contributed by atoms with Crippen molar-refractivity contribution in [1.82, 2.24) is 5.32 Å². The van der Waals surface area contributed by atoms with E-state index in [1.807, 2.05) is 12.1 Å². The number of halogens is 3. The fraction of sp³-hybridized carbons (Fsp3) is 0.391. The summed E-state index contributed by atoms with van der Waals surface area (Å²) in [7, 11) is 0. The second-order valence-corrected chi connectivity index (χ2v) is 7.67. The molecule has 1 unspecified atom stereocenters. The molecule has 6 nitrogen and oxygen atoms in total. The van der Waals surface area contributed by atoms with E-state index in [1.54, 1.807) is 12.1 Å². The molecule has 0 radical (unpaired) electrons. The number of aliphatic hydroxyl groups excluding tert-OH is 2. The average Bonchev–Trinajstić information content (AvgIpc) is 2.79. The molecule has 1 saturated heterocycles. The Morgan fingerprint density at radius 1 is 1.19 bits per heavy atom. The lowest BCUT2D eigenvalue weighted by atomic mass is 9.95. The summed E-state index contributed by atoms with van der Waals surface area (Å²) in [6.07, 6.45) is -3.20. The molecule has 1 heterocycles. The third-order valence-corrected chi connectivity index (χ3v) is 5.43. The lowest BCUT2D eigenvalue weighted by Gasteiger charge is -2.30. The van der Waals surface area contributed by atoms with Crippen molar-refractivity contribution in [3.63, 3.8) is 0 Å². The number of allylic oxidation sites excluding steroid dienone is 1. The number of anilines is 1. The summed E-state index contributed by atoms with van der Waals surface area (Å²) in [5.74, 6) is -1.27. The van der Waals surface area contributed by atoms with Gasteiger partial charge in [0, 0.05) is 30.7 Å². The van der Waals surface area contributed by atoms with Gasteiger partial charge in [0.25, 0.3) is 5.91 Å². The Labute approximate surface area is 183 Å². The SMILES string of the molecule is N#C/C(C(=O)NCC(O)CO)=C(\c1ccc2cccc(N3CCCCC3)c2c1)C(F)(F)F. The summed E-state index contributed by atoms with van der Waals surface area (Å²) in [5.41, 5.74) is -1.91. The highest BCUT2D eigenvalue weighted by Crippen LogP contribution is 2.39. The summed E-state index contributed by atoms with van der Waals surface area (Å²) >= 11 is 0. The van der Waals surface area contributed by atoms with Gasteiger partial charge in [0.2, 0.25) is 0 Å². The van der Waals surface area contributed by atoms with E-state index >= 15 is 0 Å². The molecule has 1 atom stereocenters. The minimum Gasteiger partial charge on any atom is -0.394 e. The van der Waals surface area contributed by atoms with Crippen molar-refractivity contribution in [2.24, 2.45) is 0 Å². The van der Waals surface area contributed by atoms with Crippen molar-refractivity contribution >= 4 is 27.9 Å². The predicted molar refractivity (Wildman–Crippen MR) is 115 cm³/mol. The second kappa shape index (κ2) is 10.0. The maximum absolute atomic E-state index is 14.0. The van der Waals surface area contributed by atoms with Crippen molar-refractivity contribution in [2.45, 2.75) is 31.5 Å². The number of carbonyl (C=O) groups excluding carboxylic acids is 1. The number of hydrogen-bond acceptors (Lipinski definition) is 5. The molecule has 2 aromatic carbocycles. The molecule has 1 fully saturated rings. The van der Waals surface area contributed by atoms with Crippen LogP contribution < -0.4 is 10.2 Å². The third kappa shape index (κ3) is 5.21. The van der Waals surface area contributed by atoms with Gasteiger partial charge in [-0.05, 0) is 42.3 Å². The second-order valence-electron chi connectivity index (χ2n) is 7.67. The maximum atomic E-state index is 14.0. The monoisotopic (exact) mass is 447 g/mol. The third-order valence-electron chi connectivity index (χ3n) is 5.43. The lowest BCUT2D eigenvalue weighted by Crippen LogP contribution is -2.35. The lowest BCUT2D eigenvalue weighted by molar-refractivity contribution is -0.118. The maximum Gasteiger partial charge on any atom is 0.418 e. The molecule has 0 bridgehead atoms. The van der Waals surface area contributed by atoms with Crippen LogP contribution in [0.25, 0.3) is 16.3 Å². The first-order valence-corrected chi connectivity index (χ1v) is 10.3. The molecule has 3 rings (SSSR count). The number of rotatable bonds is 6. The first-order valence-electron chi connectivity index (χ1n) is 10.3. The minimum absolute atomic E-state index is 0.288. The Bertz CT molecular complexity index is 1050. The Balaban J connectivity index is 2.11. The number of alkyl halides is 3. The highest BCUT2D eigenvalue weighted by molar-refractivity contribution is 6.07. The molecule has 0 spiro atoms. The number of nitrogens with one attached hydrogen (secondary N) is 1. The van der Waals surface area contributed by atoms with E-state index in [-0.39, 0.29) is 5.56 Å². The summed E-state index contributed by atoms with van der Waals surface area (Å²) in [6.45, 7) is 0.457. The Hall–Kier alpha value is -3.09. The zero-order chi connectivity index (χ0) is 23.3. The van der Waals surface area contributed by atoms with E-state index in [9.17, 15) is 28.3 Å². The summed E-state index contributed by atoms with van der Waals surface area (Å²) in [6, 6.07) is 11.1. The van der Waals surface area contributed by atoms with Crippen LogP contribution in [0.5, 0.6) is 0 Å². The van der Waals surface area contributed by atoms with Crippen LogP contribution in [0.1, 0.15) is 24.8 Å². The number of piperidine rings is 1. The van der Waals surface area contributed by atoms with Crippen molar-refractivity contribution < 1.29 is 28.2 Å². The van der Waals surface area contributed by atoms with Crippen LogP contribution in [0, 0.1) is 11.3 Å². The van der Waals surface area contributed by atoms with Crippen molar-refractivity contribution in [2.75, 3.05) is 31.1 Å². The van der Waals surface area contributed by atoms with E-state index in [2.05, 4.69) is 10.2 Å². The topological polar surface area (TPSA) is 96.6 Å². The minimum atomic E-state index is -4.97. The Morgan fingerprint density at radius 3 is 2.53 bits per heavy atom. The molecule has 0 aliphatic carbocycles. The molecule has 1 aliphatic heterocycles. The molecule has 9 heteroatoms. The molecular weight excluding hydrogens is 423 g/mol. The number of carbonyl (C=O) groups is 1. The van der Waals surface area contributed by atoms with Crippen molar-refractivity contribution in [3.05, 3.63) is 47.5 Å². The zero-order valence-corrected chi connectivity index (χ0v) is 17.3. The normalized spacial score (nSPS) is 16.3. The smallest absolute Gasteiger partial charge is 0.394 e. The molecule has 2 aromatic rings. The largest absolute Gasteiger partial charge is 0.418 e. The van der Waals surface area contributed by atoms with Crippen LogP contribution in [-0.2, 0) is 4.79 Å². The molecule has 3 N–H and O–H groups in total. The van der Waals surface area contributed by atoms with Crippen LogP contribution in [-0.4, -0.2) is 54.6 Å². The summed E-state index contributed by atoms with van der Waals surface area (Å²) in [5, 5.41) is 31.0. The molecular formula is C23H24F3N3O3. The van der Waals surface area contributed by atoms with Crippen LogP contribution >= 0.6 is 0 Å². The predicted octanol–water partition coefficient (Wildman–Crippen LogP) is 3.14. The molecule has 1 aliphatic rings. The van der Waals surface area contributed by atoms with Gasteiger partial charge >= 0.3 is 6.18 Å². The summed E-state index contributed by atoms with van der Waals surface area (Å²) < 4.78 is 42.1. The number of hydrogen-bond donors (Lipinski definition) is 3.